The largest absolute Gasteiger partial charge is 0.436 e. The summed E-state index contributed by atoms with van der Waals surface area (Å²) in [5.41, 5.74) is 13.5. The molecule has 16 rings (SSSR count). The number of hydrogen-bond acceptors (Lipinski definition) is 7. The Morgan fingerprint density at radius 3 is 1.23 bits per heavy atom. The average molecular weight is 985 g/mol. The lowest BCUT2D eigenvalue weighted by Crippen LogP contribution is -2.00. The molecular formula is C69H40N6O2. The molecule has 0 unspecified atom stereocenters. The molecule has 8 heteroatoms. The smallest absolute Gasteiger partial charge is 0.227 e. The SMILES string of the molecule is c1ccc(-n2c3ccc(-c4ccc5cc(-c6nc(-c7ccc8cc(-c9nc%10ccccc%10o9)ccc8c7)nc(-c7ccc8cc(-c9nc%10ccccc%10o9)ccc8c7)n6)ccc5c4)cc3c3ccc4ccccc4c32)cc1. The van der Waals surface area contributed by atoms with Crippen molar-refractivity contribution in [1.82, 2.24) is 29.5 Å². The number of aromatic nitrogens is 6. The highest BCUT2D eigenvalue weighted by Gasteiger charge is 2.19. The summed E-state index contributed by atoms with van der Waals surface area (Å²) in [5, 5.41) is 11.3. The Bertz CT molecular complexity index is 4830. The summed E-state index contributed by atoms with van der Waals surface area (Å²) in [6, 6.07) is 84.8. The molecule has 358 valence electrons. The van der Waals surface area contributed by atoms with Crippen molar-refractivity contribution in [2.75, 3.05) is 0 Å². The second kappa shape index (κ2) is 17.0. The first-order valence-electron chi connectivity index (χ1n) is 25.7. The molecule has 8 nitrogen and oxygen atoms in total. The summed E-state index contributed by atoms with van der Waals surface area (Å²) in [5.74, 6) is 2.92. The Balaban J connectivity index is 0.785. The van der Waals surface area contributed by atoms with Gasteiger partial charge in [-0.2, -0.15) is 0 Å². The van der Waals surface area contributed by atoms with Crippen LogP contribution >= 0.6 is 0 Å². The summed E-state index contributed by atoms with van der Waals surface area (Å²) in [7, 11) is 0. The maximum atomic E-state index is 6.13. The van der Waals surface area contributed by atoms with Crippen LogP contribution in [0.5, 0.6) is 0 Å². The van der Waals surface area contributed by atoms with Gasteiger partial charge in [-0.1, -0.05) is 146 Å². The van der Waals surface area contributed by atoms with Crippen LogP contribution in [0.2, 0.25) is 0 Å². The zero-order valence-electron chi connectivity index (χ0n) is 41.1. The lowest BCUT2D eigenvalue weighted by Gasteiger charge is -2.11. The minimum Gasteiger partial charge on any atom is -0.436 e. The third-order valence-corrected chi connectivity index (χ3v) is 15.0. The molecule has 0 aliphatic heterocycles. The zero-order chi connectivity index (χ0) is 50.6. The summed E-state index contributed by atoms with van der Waals surface area (Å²) in [6.45, 7) is 0. The first-order valence-corrected chi connectivity index (χ1v) is 25.7. The lowest BCUT2D eigenvalue weighted by atomic mass is 9.98. The average Bonchev–Trinajstić information content (AvgIpc) is 4.35. The molecule has 0 aliphatic carbocycles. The Hall–Kier alpha value is -10.6. The molecule has 4 aromatic heterocycles. The Kier molecular flexibility index (Phi) is 9.46. The van der Waals surface area contributed by atoms with Crippen LogP contribution in [-0.2, 0) is 0 Å². The number of nitrogens with zero attached hydrogens (tertiary/aromatic N) is 6. The Labute approximate surface area is 439 Å². The fraction of sp³-hybridized carbons (Fsp3) is 0. The minimum atomic E-state index is 0.578. The molecule has 0 spiro atoms. The van der Waals surface area contributed by atoms with Crippen molar-refractivity contribution < 1.29 is 8.83 Å². The van der Waals surface area contributed by atoms with Gasteiger partial charge in [0.05, 0.1) is 11.0 Å². The van der Waals surface area contributed by atoms with E-state index in [0.29, 0.717) is 29.3 Å². The lowest BCUT2D eigenvalue weighted by molar-refractivity contribution is 0.619. The molecular weight excluding hydrogens is 945 g/mol. The topological polar surface area (TPSA) is 95.7 Å². The Morgan fingerprint density at radius 1 is 0.273 bits per heavy atom. The monoisotopic (exact) mass is 984 g/mol. The second-order valence-corrected chi connectivity index (χ2v) is 19.7. The van der Waals surface area contributed by atoms with Crippen LogP contribution in [0.4, 0.5) is 0 Å². The van der Waals surface area contributed by atoms with Gasteiger partial charge in [0.2, 0.25) is 11.8 Å². The quantitative estimate of drug-likeness (QED) is 0.157. The van der Waals surface area contributed by atoms with Crippen LogP contribution in [0.25, 0.3) is 161 Å². The third-order valence-electron chi connectivity index (χ3n) is 15.0. The fourth-order valence-corrected chi connectivity index (χ4v) is 11.2. The van der Waals surface area contributed by atoms with Crippen LogP contribution in [0, 0.1) is 0 Å². The van der Waals surface area contributed by atoms with Gasteiger partial charge < -0.3 is 13.4 Å². The number of para-hydroxylation sites is 5. The first-order chi connectivity index (χ1) is 38.1. The second-order valence-electron chi connectivity index (χ2n) is 19.7. The zero-order valence-corrected chi connectivity index (χ0v) is 41.1. The molecule has 0 aliphatic rings. The highest BCUT2D eigenvalue weighted by molar-refractivity contribution is 6.19. The first kappa shape index (κ1) is 42.9. The highest BCUT2D eigenvalue weighted by atomic mass is 16.4. The van der Waals surface area contributed by atoms with Gasteiger partial charge in [0, 0.05) is 49.7 Å². The molecule has 0 saturated carbocycles. The number of oxazole rings is 2. The molecule has 0 bridgehead atoms. The molecule has 0 amide bonds. The third kappa shape index (κ3) is 7.26. The summed E-state index contributed by atoms with van der Waals surface area (Å²) >= 11 is 0. The molecule has 0 atom stereocenters. The number of benzene rings is 12. The summed E-state index contributed by atoms with van der Waals surface area (Å²) < 4.78 is 14.7. The number of rotatable bonds is 7. The maximum Gasteiger partial charge on any atom is 0.227 e. The predicted octanol–water partition coefficient (Wildman–Crippen LogP) is 17.9. The van der Waals surface area contributed by atoms with Gasteiger partial charge in [-0.05, 0) is 146 Å². The van der Waals surface area contributed by atoms with Gasteiger partial charge in [-0.15, -0.1) is 0 Å². The van der Waals surface area contributed by atoms with Crippen molar-refractivity contribution >= 4 is 87.1 Å². The van der Waals surface area contributed by atoms with Crippen molar-refractivity contribution in [2.45, 2.75) is 0 Å². The van der Waals surface area contributed by atoms with Gasteiger partial charge in [-0.3, -0.25) is 0 Å². The van der Waals surface area contributed by atoms with Gasteiger partial charge in [-0.25, -0.2) is 24.9 Å². The van der Waals surface area contributed by atoms with E-state index < -0.39 is 0 Å². The van der Waals surface area contributed by atoms with E-state index >= 15 is 0 Å². The molecule has 0 saturated heterocycles. The van der Waals surface area contributed by atoms with Crippen LogP contribution in [0.15, 0.2) is 251 Å². The molecule has 77 heavy (non-hydrogen) atoms. The predicted molar refractivity (Wildman–Crippen MR) is 312 cm³/mol. The van der Waals surface area contributed by atoms with E-state index in [-0.39, 0.29) is 0 Å². The molecule has 16 aromatic rings. The van der Waals surface area contributed by atoms with E-state index in [9.17, 15) is 0 Å². The van der Waals surface area contributed by atoms with Gasteiger partial charge in [0.25, 0.3) is 0 Å². The molecule has 0 fully saturated rings. The maximum absolute atomic E-state index is 6.13. The van der Waals surface area contributed by atoms with E-state index in [2.05, 4.69) is 199 Å². The van der Waals surface area contributed by atoms with E-state index in [4.69, 9.17) is 33.8 Å². The van der Waals surface area contributed by atoms with Gasteiger partial charge in [0.1, 0.15) is 11.0 Å². The van der Waals surface area contributed by atoms with Gasteiger partial charge >= 0.3 is 0 Å². The molecule has 4 heterocycles. The van der Waals surface area contributed by atoms with E-state index in [1.54, 1.807) is 0 Å². The van der Waals surface area contributed by atoms with Crippen LogP contribution < -0.4 is 0 Å². The van der Waals surface area contributed by atoms with Crippen LogP contribution in [0.3, 0.4) is 0 Å². The van der Waals surface area contributed by atoms with Crippen molar-refractivity contribution in [3.05, 3.63) is 243 Å². The summed E-state index contributed by atoms with van der Waals surface area (Å²) in [4.78, 5) is 25.1. The van der Waals surface area contributed by atoms with Crippen molar-refractivity contribution in [2.24, 2.45) is 0 Å². The Morgan fingerprint density at radius 2 is 0.688 bits per heavy atom. The van der Waals surface area contributed by atoms with E-state index in [0.717, 1.165) is 99.1 Å². The standard InChI is InChI=1S/C69H40N6O2/c1-2-11-55(12-3-1)75-61-33-31-49(40-58(61)57-32-30-41-10-4-5-13-56(41)64(57)75)43-18-19-44-35-50(25-20-42(44)34-43)65-72-66(51-26-21-47-38-53(28-23-45(47)36-51)68-70-59-14-6-8-16-62(59)76-68)74-67(73-65)52-27-22-48-39-54(29-24-46(48)37-52)69-71-60-15-7-9-17-63(60)77-69/h1-40H. The molecule has 0 radical (unpaired) electrons. The van der Waals surface area contributed by atoms with E-state index in [1.807, 2.05) is 48.5 Å². The normalized spacial score (nSPS) is 11.9. The van der Waals surface area contributed by atoms with Crippen molar-refractivity contribution in [3.63, 3.8) is 0 Å². The van der Waals surface area contributed by atoms with Crippen molar-refractivity contribution in [1.29, 1.82) is 0 Å². The summed E-state index contributed by atoms with van der Waals surface area (Å²) in [6.07, 6.45) is 0. The minimum absolute atomic E-state index is 0.578. The van der Waals surface area contributed by atoms with Gasteiger partial charge in [0.15, 0.2) is 28.6 Å². The number of fused-ring (bicyclic) bond motifs is 10. The number of hydrogen-bond donors (Lipinski definition) is 0. The molecule has 0 N–H and O–H groups in total. The van der Waals surface area contributed by atoms with Crippen LogP contribution in [0.1, 0.15) is 0 Å². The molecule has 12 aromatic carbocycles. The fourth-order valence-electron chi connectivity index (χ4n) is 11.2. The van der Waals surface area contributed by atoms with Crippen molar-refractivity contribution in [3.8, 4) is 73.9 Å². The van der Waals surface area contributed by atoms with Crippen LogP contribution in [-0.4, -0.2) is 29.5 Å². The van der Waals surface area contributed by atoms with E-state index in [1.165, 1.54) is 32.6 Å². The highest BCUT2D eigenvalue weighted by Crippen LogP contribution is 2.40.